The zero-order valence-electron chi connectivity index (χ0n) is 20.0. The fraction of sp³-hybridized carbons (Fsp3) is 0.773. The number of nitrogens with one attached hydrogen (secondary N) is 2. The summed E-state index contributed by atoms with van der Waals surface area (Å²) in [5.74, 6) is -2.69. The highest BCUT2D eigenvalue weighted by atomic mass is 79.9. The molecule has 0 aromatic heterocycles. The van der Waals surface area contributed by atoms with Crippen molar-refractivity contribution in [3.8, 4) is 0 Å². The van der Waals surface area contributed by atoms with Gasteiger partial charge >= 0.3 is 12.0 Å². The first kappa shape index (κ1) is 31.5. The van der Waals surface area contributed by atoms with E-state index in [9.17, 15) is 24.0 Å². The lowest BCUT2D eigenvalue weighted by atomic mass is 9.84. The highest BCUT2D eigenvalue weighted by molar-refractivity contribution is 9.09. The summed E-state index contributed by atoms with van der Waals surface area (Å²) >= 11 is 6.43. The van der Waals surface area contributed by atoms with Crippen molar-refractivity contribution in [2.45, 2.75) is 59.9 Å². The fourth-order valence-electron chi connectivity index (χ4n) is 2.96. The van der Waals surface area contributed by atoms with Crippen LogP contribution in [0.3, 0.4) is 0 Å². The quantitative estimate of drug-likeness (QED) is 0.150. The van der Waals surface area contributed by atoms with Crippen molar-refractivity contribution in [2.75, 3.05) is 23.8 Å². The summed E-state index contributed by atoms with van der Waals surface area (Å²) in [6.07, 6.45) is 0.655. The molecule has 4 N–H and O–H groups in total. The first-order valence-electron chi connectivity index (χ1n) is 10.9. The van der Waals surface area contributed by atoms with Gasteiger partial charge in [0.05, 0.1) is 12.0 Å². The van der Waals surface area contributed by atoms with Gasteiger partial charge in [0.15, 0.2) is 11.6 Å². The average Bonchev–Trinajstić information content (AvgIpc) is 2.71. The van der Waals surface area contributed by atoms with Gasteiger partial charge in [-0.25, -0.2) is 4.79 Å². The molecule has 0 radical (unpaired) electrons. The fourth-order valence-corrected chi connectivity index (χ4v) is 4.56. The number of nitrogens with two attached hydrogens (primary N) is 1. The molecule has 2 atom stereocenters. The number of primary amides is 1. The molecule has 0 aliphatic carbocycles. The van der Waals surface area contributed by atoms with Crippen molar-refractivity contribution in [3.63, 3.8) is 0 Å². The highest BCUT2D eigenvalue weighted by Crippen LogP contribution is 2.21. The van der Waals surface area contributed by atoms with Gasteiger partial charge in [0, 0.05) is 35.0 Å². The molecule has 3 amide bonds. The van der Waals surface area contributed by atoms with Gasteiger partial charge in [-0.3, -0.25) is 19.2 Å². The summed E-state index contributed by atoms with van der Waals surface area (Å²) in [5, 5.41) is 6.06. The Hall–Kier alpha value is -1.49. The second-order valence-electron chi connectivity index (χ2n) is 9.32. The number of carbonyl (C=O) groups is 5. The third-order valence-corrected chi connectivity index (χ3v) is 6.57. The second-order valence-corrected chi connectivity index (χ2v) is 10.6. The lowest BCUT2D eigenvalue weighted by Crippen LogP contribution is -2.49. The zero-order chi connectivity index (χ0) is 25.8. The van der Waals surface area contributed by atoms with Crippen LogP contribution in [0.1, 0.15) is 53.9 Å². The van der Waals surface area contributed by atoms with Crippen LogP contribution in [0.15, 0.2) is 0 Å². The summed E-state index contributed by atoms with van der Waals surface area (Å²) in [4.78, 5) is 61.1. The first-order chi connectivity index (χ1) is 15.2. The van der Waals surface area contributed by atoms with E-state index in [0.29, 0.717) is 23.5 Å². The summed E-state index contributed by atoms with van der Waals surface area (Å²) < 4.78 is 5.08. The maximum absolute atomic E-state index is 13.0. The molecule has 0 rings (SSSR count). The molecule has 0 bridgehead atoms. The van der Waals surface area contributed by atoms with Crippen LogP contribution in [0, 0.1) is 23.2 Å². The Morgan fingerprint density at radius 2 is 1.61 bits per heavy atom. The standard InChI is InChI=1S/C22H37Br2N3O6/c1-13(2)16(9-15(28)12-33-20(31)14(10-23)11-24)19(30)27-17(18(29)22(3,4)5)7-6-8-26-21(25)32/h13-14,16-17H,6-12H2,1-5H3,(H,27,30)(H3,25,26,32)/t16-,17-/m0/s1. The number of carbonyl (C=O) groups excluding carboxylic acids is 5. The Morgan fingerprint density at radius 1 is 1.03 bits per heavy atom. The first-order valence-corrected chi connectivity index (χ1v) is 13.2. The number of alkyl halides is 2. The molecule has 0 unspecified atom stereocenters. The number of esters is 1. The minimum atomic E-state index is -0.764. The van der Waals surface area contributed by atoms with Gasteiger partial charge in [-0.2, -0.15) is 0 Å². The number of Topliss-reactive ketones (excluding diaryl/α,β-unsaturated/α-hetero) is 2. The lowest BCUT2D eigenvalue weighted by molar-refractivity contribution is -0.151. The number of urea groups is 1. The largest absolute Gasteiger partial charge is 0.457 e. The van der Waals surface area contributed by atoms with E-state index < -0.39 is 47.8 Å². The maximum atomic E-state index is 13.0. The van der Waals surface area contributed by atoms with Crippen molar-refractivity contribution >= 4 is 61.3 Å². The highest BCUT2D eigenvalue weighted by Gasteiger charge is 2.33. The minimum absolute atomic E-state index is 0.107. The van der Waals surface area contributed by atoms with E-state index in [4.69, 9.17) is 10.5 Å². The predicted octanol–water partition coefficient (Wildman–Crippen LogP) is 2.72. The van der Waals surface area contributed by atoms with Crippen molar-refractivity contribution in [1.29, 1.82) is 0 Å². The molecule has 33 heavy (non-hydrogen) atoms. The molecule has 0 spiro atoms. The van der Waals surface area contributed by atoms with Crippen molar-refractivity contribution in [3.05, 3.63) is 0 Å². The molecule has 0 aliphatic heterocycles. The van der Waals surface area contributed by atoms with E-state index in [0.717, 1.165) is 0 Å². The monoisotopic (exact) mass is 597 g/mol. The van der Waals surface area contributed by atoms with Gasteiger partial charge in [-0.15, -0.1) is 0 Å². The number of ketones is 2. The van der Waals surface area contributed by atoms with E-state index in [2.05, 4.69) is 42.5 Å². The summed E-state index contributed by atoms with van der Waals surface area (Å²) in [7, 11) is 0. The van der Waals surface area contributed by atoms with Crippen LogP contribution in [0.4, 0.5) is 4.79 Å². The topological polar surface area (TPSA) is 145 Å². The normalized spacial score (nSPS) is 13.4. The molecule has 0 heterocycles. The van der Waals surface area contributed by atoms with Gasteiger partial charge in [0.25, 0.3) is 0 Å². The zero-order valence-corrected chi connectivity index (χ0v) is 23.2. The summed E-state index contributed by atoms with van der Waals surface area (Å²) in [6.45, 7) is 8.79. The van der Waals surface area contributed by atoms with E-state index in [-0.39, 0.29) is 30.4 Å². The Morgan fingerprint density at radius 3 is 2.06 bits per heavy atom. The molecule has 0 aromatic carbocycles. The molecule has 190 valence electrons. The van der Waals surface area contributed by atoms with Gasteiger partial charge in [0.2, 0.25) is 5.91 Å². The van der Waals surface area contributed by atoms with Gasteiger partial charge in [-0.05, 0) is 18.8 Å². The number of hydrogen-bond acceptors (Lipinski definition) is 6. The smallest absolute Gasteiger partial charge is 0.312 e. The third-order valence-electron chi connectivity index (χ3n) is 5.01. The predicted molar refractivity (Wildman–Crippen MR) is 133 cm³/mol. The summed E-state index contributed by atoms with van der Waals surface area (Å²) in [5.41, 5.74) is 4.37. The van der Waals surface area contributed by atoms with Crippen LogP contribution in [0.25, 0.3) is 0 Å². The SMILES string of the molecule is CC(C)[C@H](CC(=O)COC(=O)C(CBr)CBr)C(=O)N[C@@H](CCCNC(N)=O)C(=O)C(C)(C)C. The van der Waals surface area contributed by atoms with Crippen LogP contribution in [-0.2, 0) is 23.9 Å². The van der Waals surface area contributed by atoms with Gasteiger partial charge in [-0.1, -0.05) is 66.5 Å². The summed E-state index contributed by atoms with van der Waals surface area (Å²) in [6, 6.07) is -1.42. The third kappa shape index (κ3) is 12.5. The Balaban J connectivity index is 5.16. The molecule has 0 fully saturated rings. The van der Waals surface area contributed by atoms with E-state index in [1.165, 1.54) is 0 Å². The van der Waals surface area contributed by atoms with Crippen LogP contribution >= 0.6 is 31.9 Å². The van der Waals surface area contributed by atoms with Crippen LogP contribution in [-0.4, -0.2) is 59.3 Å². The molecule has 0 saturated heterocycles. The molecule has 9 nitrogen and oxygen atoms in total. The molecule has 11 heteroatoms. The van der Waals surface area contributed by atoms with Crippen LogP contribution < -0.4 is 16.4 Å². The van der Waals surface area contributed by atoms with Crippen LogP contribution in [0.5, 0.6) is 0 Å². The minimum Gasteiger partial charge on any atom is -0.457 e. The van der Waals surface area contributed by atoms with Gasteiger partial charge in [0.1, 0.15) is 6.61 Å². The average molecular weight is 599 g/mol. The molecule has 0 aliphatic rings. The maximum Gasteiger partial charge on any atom is 0.312 e. The second kappa shape index (κ2) is 15.4. The van der Waals surface area contributed by atoms with Crippen molar-refractivity contribution in [1.82, 2.24) is 10.6 Å². The number of halogens is 2. The van der Waals surface area contributed by atoms with Crippen molar-refractivity contribution in [2.24, 2.45) is 28.9 Å². The van der Waals surface area contributed by atoms with Crippen molar-refractivity contribution < 1.29 is 28.7 Å². The molecule has 0 aromatic rings. The molecular formula is C22H37Br2N3O6. The molecular weight excluding hydrogens is 562 g/mol. The number of hydrogen-bond donors (Lipinski definition) is 3. The van der Waals surface area contributed by atoms with Crippen LogP contribution in [0.2, 0.25) is 0 Å². The van der Waals surface area contributed by atoms with Gasteiger partial charge < -0.3 is 21.1 Å². The Labute approximate surface area is 212 Å². The Kier molecular flexibility index (Phi) is 14.7. The molecule has 0 saturated carbocycles. The number of rotatable bonds is 15. The van der Waals surface area contributed by atoms with E-state index >= 15 is 0 Å². The van der Waals surface area contributed by atoms with E-state index in [1.54, 1.807) is 20.8 Å². The number of ether oxygens (including phenoxy) is 1. The van der Waals surface area contributed by atoms with E-state index in [1.807, 2.05) is 13.8 Å². The Bertz CT molecular complexity index is 690. The lowest BCUT2D eigenvalue weighted by Gasteiger charge is -2.28. The number of amides is 3.